The number of para-hydroxylation sites is 1. The number of thiophene rings is 1. The largest absolute Gasteiger partial charge is 0.293 e. The molecule has 3 heteroatoms. The molecule has 0 N–H and O–H groups in total. The van der Waals surface area contributed by atoms with Crippen LogP contribution >= 0.6 is 11.3 Å². The van der Waals surface area contributed by atoms with E-state index < -0.39 is 0 Å². The van der Waals surface area contributed by atoms with E-state index in [1.807, 2.05) is 11.3 Å². The van der Waals surface area contributed by atoms with Crippen molar-refractivity contribution in [2.24, 2.45) is 0 Å². The quantitative estimate of drug-likeness (QED) is 0.197. The first-order valence-corrected chi connectivity index (χ1v) is 16.4. The first kappa shape index (κ1) is 25.5. The van der Waals surface area contributed by atoms with Gasteiger partial charge >= 0.3 is 0 Å². The van der Waals surface area contributed by atoms with E-state index in [4.69, 9.17) is 4.98 Å². The van der Waals surface area contributed by atoms with Gasteiger partial charge in [-0.1, -0.05) is 115 Å². The van der Waals surface area contributed by atoms with Gasteiger partial charge in [0.05, 0.1) is 16.6 Å². The molecule has 0 bridgehead atoms. The number of hydrogen-bond donors (Lipinski definition) is 0. The zero-order chi connectivity index (χ0) is 30.2. The summed E-state index contributed by atoms with van der Waals surface area (Å²) in [4.78, 5) is 5.21. The van der Waals surface area contributed by atoms with Gasteiger partial charge in [0.1, 0.15) is 5.82 Å². The molecule has 0 unspecified atom stereocenters. The number of rotatable bonds is 3. The van der Waals surface area contributed by atoms with Gasteiger partial charge in [0.25, 0.3) is 0 Å². The van der Waals surface area contributed by atoms with Crippen LogP contribution in [0, 0.1) is 0 Å². The van der Waals surface area contributed by atoms with Crippen molar-refractivity contribution < 1.29 is 0 Å². The highest BCUT2D eigenvalue weighted by Crippen LogP contribution is 2.44. The minimum atomic E-state index is 0.933. The molecule has 0 saturated heterocycles. The molecule has 0 spiro atoms. The van der Waals surface area contributed by atoms with Gasteiger partial charge in [-0.2, -0.15) is 0 Å². The van der Waals surface area contributed by atoms with Crippen LogP contribution in [0.25, 0.3) is 91.7 Å². The van der Waals surface area contributed by atoms with Crippen LogP contribution in [0.5, 0.6) is 0 Å². The van der Waals surface area contributed by atoms with Crippen molar-refractivity contribution in [1.82, 2.24) is 9.55 Å². The van der Waals surface area contributed by atoms with Crippen molar-refractivity contribution in [3.05, 3.63) is 158 Å². The second-order valence-electron chi connectivity index (χ2n) is 12.0. The van der Waals surface area contributed by atoms with Crippen LogP contribution < -0.4 is 0 Å². The van der Waals surface area contributed by atoms with Gasteiger partial charge in [-0.25, -0.2) is 4.98 Å². The molecule has 46 heavy (non-hydrogen) atoms. The van der Waals surface area contributed by atoms with Gasteiger partial charge in [-0.3, -0.25) is 4.57 Å². The Hall–Kier alpha value is -5.77. The van der Waals surface area contributed by atoms with Crippen molar-refractivity contribution in [2.75, 3.05) is 0 Å². The molecule has 0 aliphatic carbocycles. The summed E-state index contributed by atoms with van der Waals surface area (Å²) < 4.78 is 5.01. The maximum Gasteiger partial charge on any atom is 0.138 e. The van der Waals surface area contributed by atoms with Crippen LogP contribution in [0.3, 0.4) is 0 Å². The average molecular weight is 603 g/mol. The number of hydrogen-bond acceptors (Lipinski definition) is 2. The Bertz CT molecular complexity index is 2790. The molecule has 0 radical (unpaired) electrons. The lowest BCUT2D eigenvalue weighted by Gasteiger charge is -2.11. The molecular weight excluding hydrogens is 577 g/mol. The Morgan fingerprint density at radius 1 is 0.435 bits per heavy atom. The SMILES string of the molecule is c1ccc(-c2ccc3sc4c(ccc5c4ccc4c6cc(-c7ccccc7)ccc6n(-c6ccc7ccccc7n6)c54)c3c2)cc1. The van der Waals surface area contributed by atoms with E-state index in [-0.39, 0.29) is 0 Å². The highest BCUT2D eigenvalue weighted by atomic mass is 32.1. The van der Waals surface area contributed by atoms with E-state index in [1.54, 1.807) is 0 Å². The maximum atomic E-state index is 5.21. The summed E-state index contributed by atoms with van der Waals surface area (Å²) in [6.45, 7) is 0. The molecule has 214 valence electrons. The van der Waals surface area contributed by atoms with E-state index in [0.717, 1.165) is 22.2 Å². The molecule has 0 saturated carbocycles. The zero-order valence-corrected chi connectivity index (χ0v) is 25.6. The zero-order valence-electron chi connectivity index (χ0n) is 24.8. The molecule has 2 nitrogen and oxygen atoms in total. The predicted octanol–water partition coefficient (Wildman–Crippen LogP) is 12.2. The van der Waals surface area contributed by atoms with Crippen LogP contribution in [-0.2, 0) is 0 Å². The minimum absolute atomic E-state index is 0.933. The van der Waals surface area contributed by atoms with Crippen LogP contribution in [0.4, 0.5) is 0 Å². The normalized spacial score (nSPS) is 11.9. The maximum absolute atomic E-state index is 5.21. The molecule has 3 aromatic heterocycles. The Balaban J connectivity index is 1.29. The highest BCUT2D eigenvalue weighted by molar-refractivity contribution is 7.26. The molecule has 0 aliphatic heterocycles. The Labute approximate surface area is 269 Å². The van der Waals surface area contributed by atoms with E-state index in [1.165, 1.54) is 69.5 Å². The van der Waals surface area contributed by atoms with Crippen molar-refractivity contribution in [3.63, 3.8) is 0 Å². The van der Waals surface area contributed by atoms with E-state index in [2.05, 4.69) is 162 Å². The molecular formula is C43H26N2S. The predicted molar refractivity (Wildman–Crippen MR) is 197 cm³/mol. The van der Waals surface area contributed by atoms with Crippen molar-refractivity contribution in [1.29, 1.82) is 0 Å². The molecule has 0 amide bonds. The third-order valence-electron chi connectivity index (χ3n) is 9.38. The molecule has 10 aromatic rings. The third kappa shape index (κ3) is 3.79. The monoisotopic (exact) mass is 602 g/mol. The number of aromatic nitrogens is 2. The topological polar surface area (TPSA) is 17.8 Å². The van der Waals surface area contributed by atoms with Gasteiger partial charge < -0.3 is 0 Å². The van der Waals surface area contributed by atoms with E-state index in [9.17, 15) is 0 Å². The van der Waals surface area contributed by atoms with Crippen LogP contribution in [0.1, 0.15) is 0 Å². The average Bonchev–Trinajstić information content (AvgIpc) is 3.67. The lowest BCUT2D eigenvalue weighted by atomic mass is 9.99. The molecule has 0 aliphatic rings. The smallest absolute Gasteiger partial charge is 0.138 e. The second-order valence-corrected chi connectivity index (χ2v) is 13.0. The molecule has 0 fully saturated rings. The summed E-state index contributed by atoms with van der Waals surface area (Å²) in [6, 6.07) is 57.1. The number of fused-ring (bicyclic) bond motifs is 10. The number of benzene rings is 7. The summed E-state index contributed by atoms with van der Waals surface area (Å²) in [5, 5.41) is 8.76. The number of nitrogens with zero attached hydrogens (tertiary/aromatic N) is 2. The summed E-state index contributed by atoms with van der Waals surface area (Å²) in [6.07, 6.45) is 0. The van der Waals surface area contributed by atoms with Crippen LogP contribution in [0.15, 0.2) is 158 Å². The molecule has 7 aromatic carbocycles. The lowest BCUT2D eigenvalue weighted by Crippen LogP contribution is -1.98. The van der Waals surface area contributed by atoms with Crippen molar-refractivity contribution in [3.8, 4) is 28.1 Å². The van der Waals surface area contributed by atoms with E-state index >= 15 is 0 Å². The highest BCUT2D eigenvalue weighted by Gasteiger charge is 2.19. The van der Waals surface area contributed by atoms with Gasteiger partial charge in [0, 0.05) is 47.1 Å². The molecule has 3 heterocycles. The van der Waals surface area contributed by atoms with Gasteiger partial charge in [-0.15, -0.1) is 11.3 Å². The Morgan fingerprint density at radius 2 is 1.04 bits per heavy atom. The summed E-state index contributed by atoms with van der Waals surface area (Å²) in [7, 11) is 0. The Morgan fingerprint density at radius 3 is 1.80 bits per heavy atom. The van der Waals surface area contributed by atoms with Crippen molar-refractivity contribution >= 4 is 75.0 Å². The minimum Gasteiger partial charge on any atom is -0.293 e. The first-order chi connectivity index (χ1) is 22.8. The molecule has 0 atom stereocenters. The van der Waals surface area contributed by atoms with E-state index in [0.29, 0.717) is 0 Å². The van der Waals surface area contributed by atoms with Gasteiger partial charge in [-0.05, 0) is 64.7 Å². The van der Waals surface area contributed by atoms with Crippen LogP contribution in [-0.4, -0.2) is 9.55 Å². The fraction of sp³-hybridized carbons (Fsp3) is 0. The fourth-order valence-electron chi connectivity index (χ4n) is 7.19. The first-order valence-electron chi connectivity index (χ1n) is 15.6. The number of pyridine rings is 1. The van der Waals surface area contributed by atoms with Gasteiger partial charge in [0.15, 0.2) is 0 Å². The standard InChI is InChI=1S/C43H26N2S/c1-3-9-27(10-4-1)30-15-22-39-36(25-30)33-19-20-34-32(42(33)45(39)41-24-17-29-13-7-8-14-38(29)44-41)18-21-35-37-26-31(28-11-5-2-6-12-28)16-23-40(37)46-43(34)35/h1-26H. The third-order valence-corrected chi connectivity index (χ3v) is 10.6. The van der Waals surface area contributed by atoms with Crippen molar-refractivity contribution in [2.45, 2.75) is 0 Å². The Kier molecular flexibility index (Phi) is 5.48. The van der Waals surface area contributed by atoms with Gasteiger partial charge in [0.2, 0.25) is 0 Å². The summed E-state index contributed by atoms with van der Waals surface area (Å²) in [5.41, 5.74) is 8.29. The fourth-order valence-corrected chi connectivity index (χ4v) is 8.40. The second kappa shape index (κ2) is 9.87. The summed E-state index contributed by atoms with van der Waals surface area (Å²) >= 11 is 1.89. The molecule has 10 rings (SSSR count). The lowest BCUT2D eigenvalue weighted by molar-refractivity contribution is 1.11. The summed E-state index contributed by atoms with van der Waals surface area (Å²) in [5.74, 6) is 0.933. The van der Waals surface area contributed by atoms with Crippen LogP contribution in [0.2, 0.25) is 0 Å².